The SMILES string of the molecule is NC1(c2noc(Cc3csc(Cc4ccccc4)n3)n2)CCC1. The Balaban J connectivity index is 1.43. The van der Waals surface area contributed by atoms with Crippen molar-refractivity contribution in [3.63, 3.8) is 0 Å². The number of nitrogens with two attached hydrogens (primary N) is 1. The van der Waals surface area contributed by atoms with Gasteiger partial charge in [-0.15, -0.1) is 11.3 Å². The van der Waals surface area contributed by atoms with Crippen molar-refractivity contribution in [2.24, 2.45) is 5.73 Å². The summed E-state index contributed by atoms with van der Waals surface area (Å²) in [6.07, 6.45) is 4.42. The summed E-state index contributed by atoms with van der Waals surface area (Å²) in [4.78, 5) is 9.12. The Kier molecular flexibility index (Phi) is 3.71. The Bertz CT molecular complexity index is 792. The maximum atomic E-state index is 6.22. The first-order valence-electron chi connectivity index (χ1n) is 7.80. The zero-order valence-corrected chi connectivity index (χ0v) is 13.6. The highest BCUT2D eigenvalue weighted by Gasteiger charge is 2.38. The molecular weight excluding hydrogens is 308 g/mol. The van der Waals surface area contributed by atoms with Crippen LogP contribution in [0.2, 0.25) is 0 Å². The van der Waals surface area contributed by atoms with Gasteiger partial charge in [0.1, 0.15) is 0 Å². The number of nitrogens with zero attached hydrogens (tertiary/aromatic N) is 3. The molecule has 3 aromatic rings. The second-order valence-electron chi connectivity index (χ2n) is 6.09. The molecule has 0 saturated heterocycles. The van der Waals surface area contributed by atoms with E-state index < -0.39 is 0 Å². The molecule has 2 aromatic heterocycles. The van der Waals surface area contributed by atoms with Gasteiger partial charge in [-0.2, -0.15) is 4.98 Å². The highest BCUT2D eigenvalue weighted by molar-refractivity contribution is 7.09. The second-order valence-corrected chi connectivity index (χ2v) is 7.04. The zero-order valence-electron chi connectivity index (χ0n) is 12.7. The monoisotopic (exact) mass is 326 g/mol. The number of hydrogen-bond donors (Lipinski definition) is 1. The summed E-state index contributed by atoms with van der Waals surface area (Å²) in [5.74, 6) is 1.23. The van der Waals surface area contributed by atoms with Crippen molar-refractivity contribution in [3.8, 4) is 0 Å². The van der Waals surface area contributed by atoms with Crippen molar-refractivity contribution >= 4 is 11.3 Å². The molecule has 1 aliphatic rings. The molecular formula is C17H18N4OS. The number of benzene rings is 1. The first-order valence-corrected chi connectivity index (χ1v) is 8.68. The Labute approximate surface area is 138 Å². The summed E-state index contributed by atoms with van der Waals surface area (Å²) >= 11 is 1.67. The third-order valence-corrected chi connectivity index (χ3v) is 5.19. The zero-order chi connectivity index (χ0) is 15.7. The molecule has 1 aromatic carbocycles. The fraction of sp³-hybridized carbons (Fsp3) is 0.353. The van der Waals surface area contributed by atoms with Crippen LogP contribution < -0.4 is 5.73 Å². The molecule has 0 atom stereocenters. The van der Waals surface area contributed by atoms with Gasteiger partial charge < -0.3 is 10.3 Å². The van der Waals surface area contributed by atoms with Crippen LogP contribution in [-0.4, -0.2) is 15.1 Å². The molecule has 1 saturated carbocycles. The second kappa shape index (κ2) is 5.86. The van der Waals surface area contributed by atoms with E-state index in [1.165, 1.54) is 5.56 Å². The smallest absolute Gasteiger partial charge is 0.232 e. The van der Waals surface area contributed by atoms with E-state index in [0.717, 1.165) is 36.4 Å². The van der Waals surface area contributed by atoms with Crippen molar-refractivity contribution in [1.29, 1.82) is 0 Å². The summed E-state index contributed by atoms with van der Waals surface area (Å²) in [7, 11) is 0. The van der Waals surface area contributed by atoms with Gasteiger partial charge >= 0.3 is 0 Å². The van der Waals surface area contributed by atoms with E-state index in [2.05, 4.69) is 32.6 Å². The largest absolute Gasteiger partial charge is 0.339 e. The quantitative estimate of drug-likeness (QED) is 0.779. The first-order chi connectivity index (χ1) is 11.2. The summed E-state index contributed by atoms with van der Waals surface area (Å²) in [6.45, 7) is 0. The minimum Gasteiger partial charge on any atom is -0.339 e. The third kappa shape index (κ3) is 3.04. The molecule has 2 N–H and O–H groups in total. The van der Waals surface area contributed by atoms with Crippen LogP contribution in [0.15, 0.2) is 40.2 Å². The van der Waals surface area contributed by atoms with Crippen LogP contribution in [0.5, 0.6) is 0 Å². The molecule has 1 fully saturated rings. The highest BCUT2D eigenvalue weighted by Crippen LogP contribution is 2.36. The minimum absolute atomic E-state index is 0.373. The lowest BCUT2D eigenvalue weighted by atomic mass is 9.77. The van der Waals surface area contributed by atoms with Gasteiger partial charge in [0.25, 0.3) is 0 Å². The lowest BCUT2D eigenvalue weighted by Crippen LogP contribution is -2.44. The molecule has 2 heterocycles. The van der Waals surface area contributed by atoms with Gasteiger partial charge in [-0.05, 0) is 24.8 Å². The molecule has 6 heteroatoms. The average molecular weight is 326 g/mol. The Hall–Kier alpha value is -2.05. The molecule has 0 amide bonds. The Morgan fingerprint density at radius 2 is 1.96 bits per heavy atom. The number of rotatable bonds is 5. The maximum absolute atomic E-state index is 6.22. The standard InChI is InChI=1S/C17H18N4OS/c18-17(7-4-8-17)16-20-14(22-21-16)10-13-11-23-15(19-13)9-12-5-2-1-3-6-12/h1-3,5-6,11H,4,7-10,18H2. The lowest BCUT2D eigenvalue weighted by molar-refractivity contribution is 0.229. The molecule has 4 rings (SSSR count). The van der Waals surface area contributed by atoms with Crippen molar-refractivity contribution in [2.75, 3.05) is 0 Å². The van der Waals surface area contributed by atoms with Gasteiger partial charge in [-0.25, -0.2) is 4.98 Å². The number of hydrogen-bond acceptors (Lipinski definition) is 6. The molecule has 23 heavy (non-hydrogen) atoms. The summed E-state index contributed by atoms with van der Waals surface area (Å²) in [5, 5.41) is 7.20. The van der Waals surface area contributed by atoms with Crippen LogP contribution in [0.1, 0.15) is 47.2 Å². The van der Waals surface area contributed by atoms with E-state index in [1.807, 2.05) is 18.2 Å². The normalized spacial score (nSPS) is 16.2. The van der Waals surface area contributed by atoms with Crippen LogP contribution >= 0.6 is 11.3 Å². The average Bonchev–Trinajstić information content (AvgIpc) is 3.16. The highest BCUT2D eigenvalue weighted by atomic mass is 32.1. The molecule has 0 unspecified atom stereocenters. The van der Waals surface area contributed by atoms with Gasteiger partial charge in [0, 0.05) is 11.8 Å². The molecule has 1 aliphatic carbocycles. The molecule has 0 spiro atoms. The Morgan fingerprint density at radius 3 is 2.70 bits per heavy atom. The van der Waals surface area contributed by atoms with Gasteiger partial charge in [0.2, 0.25) is 5.89 Å². The summed E-state index contributed by atoms with van der Waals surface area (Å²) < 4.78 is 5.34. The van der Waals surface area contributed by atoms with Gasteiger partial charge in [0.05, 0.1) is 22.7 Å². The predicted octanol–water partition coefficient (Wildman–Crippen LogP) is 3.05. The van der Waals surface area contributed by atoms with Gasteiger partial charge in [-0.3, -0.25) is 0 Å². The first kappa shape index (κ1) is 14.5. The van der Waals surface area contributed by atoms with E-state index >= 15 is 0 Å². The predicted molar refractivity (Wildman–Crippen MR) is 88.2 cm³/mol. The van der Waals surface area contributed by atoms with E-state index in [9.17, 15) is 0 Å². The van der Waals surface area contributed by atoms with Crippen LogP contribution in [0.4, 0.5) is 0 Å². The van der Waals surface area contributed by atoms with Crippen LogP contribution in [0.25, 0.3) is 0 Å². The Morgan fingerprint density at radius 1 is 1.13 bits per heavy atom. The van der Waals surface area contributed by atoms with Gasteiger partial charge in [-0.1, -0.05) is 35.5 Å². The molecule has 118 valence electrons. The minimum atomic E-state index is -0.373. The van der Waals surface area contributed by atoms with Crippen molar-refractivity contribution in [2.45, 2.75) is 37.6 Å². The molecule has 0 bridgehead atoms. The molecule has 5 nitrogen and oxygen atoms in total. The van der Waals surface area contributed by atoms with Crippen molar-refractivity contribution in [3.05, 3.63) is 63.7 Å². The molecule has 0 radical (unpaired) electrons. The topological polar surface area (TPSA) is 77.8 Å². The van der Waals surface area contributed by atoms with E-state index in [-0.39, 0.29) is 5.54 Å². The van der Waals surface area contributed by atoms with Crippen molar-refractivity contribution < 1.29 is 4.52 Å². The van der Waals surface area contributed by atoms with Crippen LogP contribution in [0, 0.1) is 0 Å². The molecule has 0 aliphatic heterocycles. The van der Waals surface area contributed by atoms with E-state index in [4.69, 9.17) is 10.3 Å². The lowest BCUT2D eigenvalue weighted by Gasteiger charge is -2.34. The third-order valence-electron chi connectivity index (χ3n) is 4.29. The van der Waals surface area contributed by atoms with E-state index in [1.54, 1.807) is 11.3 Å². The van der Waals surface area contributed by atoms with Gasteiger partial charge in [0.15, 0.2) is 5.82 Å². The van der Waals surface area contributed by atoms with Crippen LogP contribution in [-0.2, 0) is 18.4 Å². The fourth-order valence-corrected chi connectivity index (χ4v) is 3.57. The van der Waals surface area contributed by atoms with Crippen molar-refractivity contribution in [1.82, 2.24) is 15.1 Å². The van der Waals surface area contributed by atoms with Crippen LogP contribution in [0.3, 0.4) is 0 Å². The summed E-state index contributed by atoms with van der Waals surface area (Å²) in [6, 6.07) is 10.4. The van der Waals surface area contributed by atoms with E-state index in [0.29, 0.717) is 18.1 Å². The summed E-state index contributed by atoms with van der Waals surface area (Å²) in [5.41, 5.74) is 8.09. The number of thiazole rings is 1. The number of aromatic nitrogens is 3. The maximum Gasteiger partial charge on any atom is 0.232 e. The fourth-order valence-electron chi connectivity index (χ4n) is 2.75.